The van der Waals surface area contributed by atoms with E-state index in [0.29, 0.717) is 5.52 Å². The summed E-state index contributed by atoms with van der Waals surface area (Å²) in [5, 5.41) is 3.51. The quantitative estimate of drug-likeness (QED) is 0.352. The highest BCUT2D eigenvalue weighted by molar-refractivity contribution is 5.99. The zero-order valence-corrected chi connectivity index (χ0v) is 10.2. The van der Waals surface area contributed by atoms with Crippen LogP contribution in [-0.4, -0.2) is 22.6 Å². The van der Waals surface area contributed by atoms with Crippen molar-refractivity contribution in [1.29, 1.82) is 0 Å². The number of imidazole rings is 1. The van der Waals surface area contributed by atoms with Crippen LogP contribution in [0.4, 0.5) is 5.69 Å². The van der Waals surface area contributed by atoms with Gasteiger partial charge in [0.15, 0.2) is 0 Å². The van der Waals surface area contributed by atoms with Crippen molar-refractivity contribution in [2.45, 2.75) is 6.92 Å². The molecule has 0 radical (unpaired) electrons. The van der Waals surface area contributed by atoms with Crippen LogP contribution < -0.4 is 0 Å². The minimum absolute atomic E-state index is 0.209. The number of methoxy groups -OCH3 is 1. The predicted octanol–water partition coefficient (Wildman–Crippen LogP) is 2.61. The van der Waals surface area contributed by atoms with E-state index in [1.54, 1.807) is 12.1 Å². The van der Waals surface area contributed by atoms with Crippen LogP contribution >= 0.6 is 0 Å². The molecular weight excluding hydrogens is 234 g/mol. The molecular formula is C11H11N5O2. The molecule has 0 unspecified atom stereocenters. The maximum absolute atomic E-state index is 11.6. The fourth-order valence-electron chi connectivity index (χ4n) is 1.75. The first-order chi connectivity index (χ1) is 8.58. The van der Waals surface area contributed by atoms with Gasteiger partial charge in [0, 0.05) is 12.0 Å². The second-order valence-corrected chi connectivity index (χ2v) is 3.76. The molecule has 0 saturated heterocycles. The van der Waals surface area contributed by atoms with Gasteiger partial charge in [-0.05, 0) is 24.6 Å². The van der Waals surface area contributed by atoms with Crippen LogP contribution in [-0.2, 0) is 11.8 Å². The van der Waals surface area contributed by atoms with Crippen molar-refractivity contribution in [3.63, 3.8) is 0 Å². The van der Waals surface area contributed by atoms with Gasteiger partial charge in [-0.15, -0.1) is 0 Å². The number of benzene rings is 1. The van der Waals surface area contributed by atoms with Gasteiger partial charge in [0.05, 0.1) is 29.4 Å². The Morgan fingerprint density at radius 3 is 2.89 bits per heavy atom. The Bertz CT molecular complexity index is 682. The second-order valence-electron chi connectivity index (χ2n) is 3.76. The zero-order chi connectivity index (χ0) is 13.3. The molecule has 1 aromatic carbocycles. The Hall–Kier alpha value is -2.53. The Labute approximate surface area is 103 Å². The van der Waals surface area contributed by atoms with Crippen LogP contribution in [0.2, 0.25) is 0 Å². The highest BCUT2D eigenvalue weighted by Crippen LogP contribution is 2.27. The molecule has 92 valence electrons. The molecule has 2 aromatic rings. The predicted molar refractivity (Wildman–Crippen MR) is 65.6 cm³/mol. The van der Waals surface area contributed by atoms with E-state index < -0.39 is 5.97 Å². The lowest BCUT2D eigenvalue weighted by Gasteiger charge is -2.04. The minimum atomic E-state index is -0.553. The average Bonchev–Trinajstić information content (AvgIpc) is 2.64. The van der Waals surface area contributed by atoms with Crippen molar-refractivity contribution in [3.8, 4) is 0 Å². The number of hydrogen-bond acceptors (Lipinski definition) is 4. The summed E-state index contributed by atoms with van der Waals surface area (Å²) in [4.78, 5) is 18.6. The second kappa shape index (κ2) is 4.38. The number of rotatable bonds is 2. The molecule has 0 fully saturated rings. The first kappa shape index (κ1) is 11.9. The molecule has 2 rings (SSSR count). The number of ether oxygens (including phenoxy) is 1. The fraction of sp³-hybridized carbons (Fsp3) is 0.273. The minimum Gasteiger partial charge on any atom is -0.465 e. The van der Waals surface area contributed by atoms with Crippen LogP contribution in [0.5, 0.6) is 0 Å². The number of azide groups is 1. The van der Waals surface area contributed by atoms with Gasteiger partial charge in [0.2, 0.25) is 0 Å². The van der Waals surface area contributed by atoms with Gasteiger partial charge in [-0.2, -0.15) is 0 Å². The van der Waals surface area contributed by atoms with Crippen LogP contribution in [0.3, 0.4) is 0 Å². The first-order valence-electron chi connectivity index (χ1n) is 5.19. The first-order valence-corrected chi connectivity index (χ1v) is 5.19. The van der Waals surface area contributed by atoms with Crippen molar-refractivity contribution in [3.05, 3.63) is 34.0 Å². The molecule has 1 heterocycles. The number of aryl methyl sites for hydroxylation is 2. The van der Waals surface area contributed by atoms with Crippen molar-refractivity contribution in [2.75, 3.05) is 7.11 Å². The van der Waals surface area contributed by atoms with E-state index in [2.05, 4.69) is 19.7 Å². The highest BCUT2D eigenvalue weighted by atomic mass is 16.5. The Morgan fingerprint density at radius 1 is 1.56 bits per heavy atom. The van der Waals surface area contributed by atoms with Crippen molar-refractivity contribution in [1.82, 2.24) is 9.55 Å². The molecule has 7 nitrogen and oxygen atoms in total. The number of carbonyl (C=O) groups excluding carboxylic acids is 1. The van der Waals surface area contributed by atoms with Crippen molar-refractivity contribution >= 4 is 22.7 Å². The van der Waals surface area contributed by atoms with Crippen LogP contribution in [0.1, 0.15) is 16.2 Å². The topological polar surface area (TPSA) is 92.9 Å². The van der Waals surface area contributed by atoms with E-state index in [1.807, 2.05) is 18.5 Å². The summed E-state index contributed by atoms with van der Waals surface area (Å²) >= 11 is 0. The van der Waals surface area contributed by atoms with Gasteiger partial charge >= 0.3 is 5.97 Å². The molecule has 1 aromatic heterocycles. The summed E-state index contributed by atoms with van der Waals surface area (Å²) in [6, 6.07) is 3.19. The summed E-state index contributed by atoms with van der Waals surface area (Å²) in [5.41, 5.74) is 10.4. The standard InChI is InChI=1S/C11H11N5O2/c1-6-13-9-4-7(11(17)18-3)8(14-15-12)5-10(9)16(6)2/h4-5H,1-3H3. The molecule has 0 aliphatic carbocycles. The number of nitrogens with zero attached hydrogens (tertiary/aromatic N) is 5. The lowest BCUT2D eigenvalue weighted by molar-refractivity contribution is 0.0602. The van der Waals surface area contributed by atoms with Crippen LogP contribution in [0.25, 0.3) is 21.5 Å². The molecule has 0 atom stereocenters. The molecule has 0 amide bonds. The van der Waals surface area contributed by atoms with Crippen LogP contribution in [0, 0.1) is 6.92 Å². The number of carbonyl (C=O) groups is 1. The van der Waals surface area contributed by atoms with Gasteiger partial charge in [-0.1, -0.05) is 5.11 Å². The van der Waals surface area contributed by atoms with Crippen molar-refractivity contribution in [2.24, 2.45) is 12.2 Å². The summed E-state index contributed by atoms with van der Waals surface area (Å²) in [6.07, 6.45) is 0. The molecule has 7 heteroatoms. The third-order valence-electron chi connectivity index (χ3n) is 2.78. The molecule has 18 heavy (non-hydrogen) atoms. The SMILES string of the molecule is COC(=O)c1cc2nc(C)n(C)c2cc1N=[N+]=[N-]. The third kappa shape index (κ3) is 1.76. The number of hydrogen-bond donors (Lipinski definition) is 0. The monoisotopic (exact) mass is 245 g/mol. The van der Waals surface area contributed by atoms with Crippen molar-refractivity contribution < 1.29 is 9.53 Å². The van der Waals surface area contributed by atoms with E-state index >= 15 is 0 Å². The summed E-state index contributed by atoms with van der Waals surface area (Å²) in [6.45, 7) is 1.85. The van der Waals surface area contributed by atoms with Crippen LogP contribution in [0.15, 0.2) is 17.2 Å². The molecule has 0 aliphatic heterocycles. The van der Waals surface area contributed by atoms with E-state index in [9.17, 15) is 4.79 Å². The van der Waals surface area contributed by atoms with Gasteiger partial charge in [-0.3, -0.25) is 0 Å². The average molecular weight is 245 g/mol. The summed E-state index contributed by atoms with van der Waals surface area (Å²) in [7, 11) is 3.12. The van der Waals surface area contributed by atoms with Gasteiger partial charge < -0.3 is 9.30 Å². The Balaban J connectivity index is 2.80. The van der Waals surface area contributed by atoms with Gasteiger partial charge in [0.25, 0.3) is 0 Å². The fourth-order valence-corrected chi connectivity index (χ4v) is 1.75. The largest absolute Gasteiger partial charge is 0.465 e. The summed E-state index contributed by atoms with van der Waals surface area (Å²) in [5.74, 6) is 0.251. The summed E-state index contributed by atoms with van der Waals surface area (Å²) < 4.78 is 6.51. The maximum atomic E-state index is 11.6. The highest BCUT2D eigenvalue weighted by Gasteiger charge is 2.15. The molecule has 0 spiro atoms. The number of fused-ring (bicyclic) bond motifs is 1. The molecule has 0 aliphatic rings. The lowest BCUT2D eigenvalue weighted by atomic mass is 10.1. The van der Waals surface area contributed by atoms with E-state index in [4.69, 9.17) is 5.53 Å². The third-order valence-corrected chi connectivity index (χ3v) is 2.78. The molecule has 0 saturated carbocycles. The Morgan fingerprint density at radius 2 is 2.28 bits per heavy atom. The number of aromatic nitrogens is 2. The maximum Gasteiger partial charge on any atom is 0.338 e. The molecule has 0 bridgehead atoms. The van der Waals surface area contributed by atoms with E-state index in [-0.39, 0.29) is 11.3 Å². The zero-order valence-electron chi connectivity index (χ0n) is 10.2. The Kier molecular flexibility index (Phi) is 2.91. The van der Waals surface area contributed by atoms with Gasteiger partial charge in [0.1, 0.15) is 5.82 Å². The van der Waals surface area contributed by atoms with Gasteiger partial charge in [-0.25, -0.2) is 9.78 Å². The smallest absolute Gasteiger partial charge is 0.338 e. The lowest BCUT2D eigenvalue weighted by Crippen LogP contribution is -2.01. The van der Waals surface area contributed by atoms with E-state index in [0.717, 1.165) is 11.3 Å². The number of esters is 1. The molecule has 0 N–H and O–H groups in total. The normalized spacial score (nSPS) is 10.2. The van der Waals surface area contributed by atoms with E-state index in [1.165, 1.54) is 7.11 Å².